The summed E-state index contributed by atoms with van der Waals surface area (Å²) in [6.07, 6.45) is 0. The molecule has 23 heavy (non-hydrogen) atoms. The zero-order valence-corrected chi connectivity index (χ0v) is 13.1. The smallest absolute Gasteiger partial charge is 0.260 e. The topological polar surface area (TPSA) is 20.3 Å². The third-order valence-electron chi connectivity index (χ3n) is 4.20. The van der Waals surface area contributed by atoms with Crippen molar-refractivity contribution in [3.63, 3.8) is 0 Å². The lowest BCUT2D eigenvalue weighted by Gasteiger charge is -2.34. The number of rotatable bonds is 2. The Morgan fingerprint density at radius 2 is 1.30 bits per heavy atom. The minimum atomic E-state index is -1.03. The molecule has 1 unspecified atom stereocenters. The van der Waals surface area contributed by atoms with Gasteiger partial charge in [0.05, 0.1) is 0 Å². The maximum Gasteiger partial charge on any atom is 0.260 e. The summed E-state index contributed by atoms with van der Waals surface area (Å²) in [6.45, 7) is 0. The van der Waals surface area contributed by atoms with Gasteiger partial charge in [-0.25, -0.2) is 0 Å². The Morgan fingerprint density at radius 3 is 2.00 bits per heavy atom. The standard InChI is InChI=1S/C20H14ClNO/c21-20(15-9-3-1-4-10-15)18-14-8-7-13-17(18)19(23)22(20)16-11-5-2-6-12-16/h1-14H. The number of anilines is 1. The number of fused-ring (bicyclic) bond motifs is 1. The van der Waals surface area contributed by atoms with Gasteiger partial charge >= 0.3 is 0 Å². The van der Waals surface area contributed by atoms with Gasteiger partial charge in [-0.05, 0) is 23.8 Å². The maximum absolute atomic E-state index is 13.0. The van der Waals surface area contributed by atoms with Crippen LogP contribution in [-0.4, -0.2) is 5.91 Å². The van der Waals surface area contributed by atoms with E-state index < -0.39 is 5.00 Å². The van der Waals surface area contributed by atoms with Crippen LogP contribution in [0.5, 0.6) is 0 Å². The monoisotopic (exact) mass is 319 g/mol. The van der Waals surface area contributed by atoms with Gasteiger partial charge in [-0.15, -0.1) is 0 Å². The SMILES string of the molecule is O=C1c2ccccc2C(Cl)(c2ccccc2)N1c1ccccc1. The summed E-state index contributed by atoms with van der Waals surface area (Å²) < 4.78 is 0. The van der Waals surface area contributed by atoms with E-state index in [9.17, 15) is 4.79 Å². The Morgan fingerprint density at radius 1 is 0.739 bits per heavy atom. The number of alkyl halides is 1. The van der Waals surface area contributed by atoms with Gasteiger partial charge in [0.2, 0.25) is 0 Å². The summed E-state index contributed by atoms with van der Waals surface area (Å²) in [5.74, 6) is -0.0781. The Balaban J connectivity index is 2.01. The van der Waals surface area contributed by atoms with E-state index in [4.69, 9.17) is 11.6 Å². The van der Waals surface area contributed by atoms with E-state index >= 15 is 0 Å². The second-order valence-electron chi connectivity index (χ2n) is 5.51. The molecular formula is C20H14ClNO. The Labute approximate surface area is 139 Å². The molecule has 0 saturated carbocycles. The van der Waals surface area contributed by atoms with Crippen molar-refractivity contribution in [2.75, 3.05) is 4.90 Å². The van der Waals surface area contributed by atoms with Crippen molar-refractivity contribution < 1.29 is 4.79 Å². The average Bonchev–Trinajstić information content (AvgIpc) is 2.86. The third kappa shape index (κ3) is 1.99. The molecule has 3 aromatic carbocycles. The molecule has 4 rings (SSSR count). The van der Waals surface area contributed by atoms with E-state index in [2.05, 4.69) is 0 Å². The zero-order chi connectivity index (χ0) is 15.9. The number of benzene rings is 3. The van der Waals surface area contributed by atoms with Gasteiger partial charge in [-0.3, -0.25) is 9.69 Å². The normalized spacial score (nSPS) is 19.7. The molecule has 0 spiro atoms. The molecule has 1 amide bonds. The maximum atomic E-state index is 13.0. The molecular weight excluding hydrogens is 306 g/mol. The quantitative estimate of drug-likeness (QED) is 0.491. The van der Waals surface area contributed by atoms with Gasteiger partial charge in [-0.1, -0.05) is 78.3 Å². The van der Waals surface area contributed by atoms with Crippen molar-refractivity contribution in [1.29, 1.82) is 0 Å². The van der Waals surface area contributed by atoms with Gasteiger partial charge in [0.1, 0.15) is 0 Å². The van der Waals surface area contributed by atoms with Crippen LogP contribution in [0.4, 0.5) is 5.69 Å². The average molecular weight is 320 g/mol. The number of amides is 1. The number of hydrogen-bond acceptors (Lipinski definition) is 1. The summed E-state index contributed by atoms with van der Waals surface area (Å²) in [5, 5.41) is 0. The van der Waals surface area contributed by atoms with Gasteiger partial charge in [-0.2, -0.15) is 0 Å². The van der Waals surface area contributed by atoms with Crippen LogP contribution in [0.2, 0.25) is 0 Å². The largest absolute Gasteiger partial charge is 0.280 e. The minimum Gasteiger partial charge on any atom is -0.280 e. The van der Waals surface area contributed by atoms with E-state index in [1.165, 1.54) is 0 Å². The fourth-order valence-corrected chi connectivity index (χ4v) is 3.62. The van der Waals surface area contributed by atoms with Crippen LogP contribution < -0.4 is 4.90 Å². The molecule has 0 fully saturated rings. The number of hydrogen-bond donors (Lipinski definition) is 0. The number of para-hydroxylation sites is 1. The van der Waals surface area contributed by atoms with E-state index in [1.54, 1.807) is 4.90 Å². The highest BCUT2D eigenvalue weighted by molar-refractivity contribution is 6.34. The predicted octanol–water partition coefficient (Wildman–Crippen LogP) is 4.79. The van der Waals surface area contributed by atoms with Crippen molar-refractivity contribution in [2.45, 2.75) is 5.00 Å². The first kappa shape index (κ1) is 14.0. The van der Waals surface area contributed by atoms with Crippen LogP contribution in [0, 0.1) is 0 Å². The molecule has 1 aliphatic rings. The molecule has 0 aliphatic carbocycles. The second-order valence-corrected chi connectivity index (χ2v) is 6.06. The number of carbonyl (C=O) groups excluding carboxylic acids is 1. The summed E-state index contributed by atoms with van der Waals surface area (Å²) in [7, 11) is 0. The first-order chi connectivity index (χ1) is 11.2. The van der Waals surface area contributed by atoms with Crippen molar-refractivity contribution in [1.82, 2.24) is 0 Å². The second kappa shape index (κ2) is 5.25. The van der Waals surface area contributed by atoms with Crippen molar-refractivity contribution in [3.8, 4) is 0 Å². The summed E-state index contributed by atoms with van der Waals surface area (Å²) in [6, 6.07) is 26.8. The first-order valence-corrected chi connectivity index (χ1v) is 7.84. The Kier molecular flexibility index (Phi) is 3.21. The Hall–Kier alpha value is -2.58. The van der Waals surface area contributed by atoms with Crippen LogP contribution in [0.25, 0.3) is 0 Å². The number of carbonyl (C=O) groups is 1. The molecule has 3 heteroatoms. The number of nitrogens with zero attached hydrogens (tertiary/aromatic N) is 1. The highest BCUT2D eigenvalue weighted by Crippen LogP contribution is 2.49. The lowest BCUT2D eigenvalue weighted by atomic mass is 9.97. The van der Waals surface area contributed by atoms with Crippen LogP contribution in [-0.2, 0) is 5.00 Å². The minimum absolute atomic E-state index is 0.0781. The fourth-order valence-electron chi connectivity index (χ4n) is 3.16. The zero-order valence-electron chi connectivity index (χ0n) is 12.3. The molecule has 0 saturated heterocycles. The van der Waals surface area contributed by atoms with E-state index in [1.807, 2.05) is 84.9 Å². The van der Waals surface area contributed by atoms with Crippen molar-refractivity contribution >= 4 is 23.2 Å². The van der Waals surface area contributed by atoms with Gasteiger partial charge < -0.3 is 0 Å². The lowest BCUT2D eigenvalue weighted by molar-refractivity contribution is 0.0990. The van der Waals surface area contributed by atoms with Crippen molar-refractivity contribution in [3.05, 3.63) is 102 Å². The van der Waals surface area contributed by atoms with Gasteiger partial charge in [0.15, 0.2) is 5.00 Å². The van der Waals surface area contributed by atoms with E-state index in [0.29, 0.717) is 5.56 Å². The molecule has 1 atom stereocenters. The molecule has 3 aromatic rings. The first-order valence-electron chi connectivity index (χ1n) is 7.46. The van der Waals surface area contributed by atoms with Gasteiger partial charge in [0.25, 0.3) is 5.91 Å². The molecule has 0 N–H and O–H groups in total. The van der Waals surface area contributed by atoms with Crippen LogP contribution in [0.15, 0.2) is 84.9 Å². The highest BCUT2D eigenvalue weighted by Gasteiger charge is 2.50. The fraction of sp³-hybridized carbons (Fsp3) is 0.0500. The van der Waals surface area contributed by atoms with Crippen LogP contribution >= 0.6 is 11.6 Å². The molecule has 112 valence electrons. The molecule has 1 heterocycles. The van der Waals surface area contributed by atoms with Crippen LogP contribution in [0.1, 0.15) is 21.5 Å². The van der Waals surface area contributed by atoms with E-state index in [-0.39, 0.29) is 5.91 Å². The van der Waals surface area contributed by atoms with E-state index in [0.717, 1.165) is 16.8 Å². The molecule has 0 aromatic heterocycles. The molecule has 1 aliphatic heterocycles. The van der Waals surface area contributed by atoms with Crippen molar-refractivity contribution in [2.24, 2.45) is 0 Å². The summed E-state index contributed by atoms with van der Waals surface area (Å²) in [5.41, 5.74) is 3.13. The third-order valence-corrected chi connectivity index (χ3v) is 4.79. The predicted molar refractivity (Wildman–Crippen MR) is 92.8 cm³/mol. The lowest BCUT2D eigenvalue weighted by Crippen LogP contribution is -2.40. The molecule has 2 nitrogen and oxygen atoms in total. The van der Waals surface area contributed by atoms with Crippen LogP contribution in [0.3, 0.4) is 0 Å². The summed E-state index contributed by atoms with van der Waals surface area (Å²) >= 11 is 7.13. The summed E-state index contributed by atoms with van der Waals surface area (Å²) in [4.78, 5) is 13.7. The molecule has 0 radical (unpaired) electrons. The number of halogens is 1. The molecule has 0 bridgehead atoms. The Bertz CT molecular complexity index is 863. The van der Waals surface area contributed by atoms with Gasteiger partial charge in [0, 0.05) is 16.8 Å². The highest BCUT2D eigenvalue weighted by atomic mass is 35.5.